The third-order valence-electron chi connectivity index (χ3n) is 5.33. The number of rotatable bonds is 3. The fraction of sp³-hybridized carbons (Fsp3) is 0.647. The number of hydrogen-bond donors (Lipinski definition) is 1. The number of nitrogens with one attached hydrogen (secondary N) is 1. The first-order valence-corrected chi connectivity index (χ1v) is 7.76. The van der Waals surface area contributed by atoms with Crippen LogP contribution in [0.2, 0.25) is 0 Å². The molecular formula is C17H24FNO. The Morgan fingerprint density at radius 2 is 2.00 bits per heavy atom. The van der Waals surface area contributed by atoms with E-state index in [0.717, 1.165) is 12.2 Å². The molecule has 2 saturated carbocycles. The SMILES string of the molecule is CNC1CC(Oc2ccc(F)c(C)c2)C12CCCCC2. The Bertz CT molecular complexity index is 482. The van der Waals surface area contributed by atoms with Crippen LogP contribution in [-0.2, 0) is 0 Å². The van der Waals surface area contributed by atoms with Gasteiger partial charge in [0.2, 0.25) is 0 Å². The molecule has 2 aliphatic rings. The van der Waals surface area contributed by atoms with E-state index in [1.807, 2.05) is 6.07 Å². The Morgan fingerprint density at radius 1 is 1.25 bits per heavy atom. The molecule has 0 saturated heterocycles. The quantitative estimate of drug-likeness (QED) is 0.906. The molecule has 3 heteroatoms. The van der Waals surface area contributed by atoms with Crippen LogP contribution in [-0.4, -0.2) is 19.2 Å². The highest BCUT2D eigenvalue weighted by molar-refractivity contribution is 5.30. The van der Waals surface area contributed by atoms with Gasteiger partial charge in [-0.2, -0.15) is 0 Å². The average molecular weight is 277 g/mol. The van der Waals surface area contributed by atoms with Crippen molar-refractivity contribution in [3.63, 3.8) is 0 Å². The van der Waals surface area contributed by atoms with Gasteiger partial charge < -0.3 is 10.1 Å². The summed E-state index contributed by atoms with van der Waals surface area (Å²) in [7, 11) is 2.05. The van der Waals surface area contributed by atoms with E-state index < -0.39 is 0 Å². The highest BCUT2D eigenvalue weighted by atomic mass is 19.1. The first kappa shape index (κ1) is 13.9. The fourth-order valence-corrected chi connectivity index (χ4v) is 4.05. The summed E-state index contributed by atoms with van der Waals surface area (Å²) in [6.45, 7) is 1.79. The summed E-state index contributed by atoms with van der Waals surface area (Å²) in [6.07, 6.45) is 7.81. The predicted octanol–water partition coefficient (Wildman–Crippen LogP) is 3.82. The van der Waals surface area contributed by atoms with Crippen molar-refractivity contribution in [2.45, 2.75) is 57.6 Å². The average Bonchev–Trinajstić information content (AvgIpc) is 2.47. The second-order valence-electron chi connectivity index (χ2n) is 6.39. The van der Waals surface area contributed by atoms with Crippen molar-refractivity contribution in [2.75, 3.05) is 7.05 Å². The van der Waals surface area contributed by atoms with Gasteiger partial charge in [-0.05, 0) is 50.6 Å². The molecule has 0 aromatic heterocycles. The second kappa shape index (κ2) is 5.36. The Morgan fingerprint density at radius 3 is 2.65 bits per heavy atom. The van der Waals surface area contributed by atoms with Gasteiger partial charge in [0.15, 0.2) is 0 Å². The van der Waals surface area contributed by atoms with Crippen molar-refractivity contribution in [3.8, 4) is 5.75 Å². The highest BCUT2D eigenvalue weighted by Gasteiger charge is 2.55. The third kappa shape index (κ3) is 2.22. The van der Waals surface area contributed by atoms with E-state index in [1.54, 1.807) is 13.0 Å². The topological polar surface area (TPSA) is 21.3 Å². The molecule has 1 aromatic rings. The van der Waals surface area contributed by atoms with Crippen LogP contribution in [0.3, 0.4) is 0 Å². The molecule has 3 rings (SSSR count). The van der Waals surface area contributed by atoms with E-state index in [0.29, 0.717) is 17.0 Å². The maximum Gasteiger partial charge on any atom is 0.126 e. The monoisotopic (exact) mass is 277 g/mol. The third-order valence-corrected chi connectivity index (χ3v) is 5.33. The fourth-order valence-electron chi connectivity index (χ4n) is 4.05. The number of aryl methyl sites for hydroxylation is 1. The van der Waals surface area contributed by atoms with Crippen LogP contribution < -0.4 is 10.1 Å². The summed E-state index contributed by atoms with van der Waals surface area (Å²) in [6, 6.07) is 5.66. The Labute approximate surface area is 120 Å². The lowest BCUT2D eigenvalue weighted by molar-refractivity contribution is -0.100. The molecule has 2 atom stereocenters. The summed E-state index contributed by atoms with van der Waals surface area (Å²) in [5.41, 5.74) is 0.958. The molecule has 2 nitrogen and oxygen atoms in total. The molecular weight excluding hydrogens is 253 g/mol. The highest BCUT2D eigenvalue weighted by Crippen LogP contribution is 2.53. The van der Waals surface area contributed by atoms with Crippen molar-refractivity contribution >= 4 is 0 Å². The molecule has 0 bridgehead atoms. The van der Waals surface area contributed by atoms with E-state index in [4.69, 9.17) is 4.74 Å². The van der Waals surface area contributed by atoms with Crippen molar-refractivity contribution in [3.05, 3.63) is 29.6 Å². The largest absolute Gasteiger partial charge is 0.490 e. The van der Waals surface area contributed by atoms with Crippen LogP contribution in [0, 0.1) is 18.2 Å². The summed E-state index contributed by atoms with van der Waals surface area (Å²) in [5, 5.41) is 3.46. The normalized spacial score (nSPS) is 28.1. The minimum absolute atomic E-state index is 0.161. The molecule has 1 N–H and O–H groups in total. The lowest BCUT2D eigenvalue weighted by atomic mass is 9.55. The van der Waals surface area contributed by atoms with E-state index >= 15 is 0 Å². The van der Waals surface area contributed by atoms with Gasteiger partial charge in [0, 0.05) is 17.9 Å². The molecule has 1 aromatic carbocycles. The van der Waals surface area contributed by atoms with Gasteiger partial charge in [-0.25, -0.2) is 4.39 Å². The minimum Gasteiger partial charge on any atom is -0.490 e. The van der Waals surface area contributed by atoms with E-state index in [2.05, 4.69) is 12.4 Å². The van der Waals surface area contributed by atoms with Crippen molar-refractivity contribution in [1.82, 2.24) is 5.32 Å². The zero-order valence-electron chi connectivity index (χ0n) is 12.4. The lowest BCUT2D eigenvalue weighted by Crippen LogP contribution is -2.64. The number of ether oxygens (including phenoxy) is 1. The first-order chi connectivity index (χ1) is 9.65. The lowest BCUT2D eigenvalue weighted by Gasteiger charge is -2.57. The van der Waals surface area contributed by atoms with Gasteiger partial charge in [-0.1, -0.05) is 19.3 Å². The molecule has 1 spiro atoms. The zero-order chi connectivity index (χ0) is 14.2. The van der Waals surface area contributed by atoms with Gasteiger partial charge in [0.25, 0.3) is 0 Å². The van der Waals surface area contributed by atoms with Crippen LogP contribution in [0.1, 0.15) is 44.1 Å². The number of benzene rings is 1. The molecule has 0 heterocycles. The molecule has 2 fully saturated rings. The van der Waals surface area contributed by atoms with Gasteiger partial charge >= 0.3 is 0 Å². The van der Waals surface area contributed by atoms with Crippen LogP contribution in [0.15, 0.2) is 18.2 Å². The van der Waals surface area contributed by atoms with Gasteiger partial charge in [0.1, 0.15) is 17.7 Å². The Hall–Kier alpha value is -1.09. The summed E-state index contributed by atoms with van der Waals surface area (Å²) < 4.78 is 19.5. The van der Waals surface area contributed by atoms with Crippen LogP contribution in [0.5, 0.6) is 5.75 Å². The number of halogens is 1. The molecule has 110 valence electrons. The van der Waals surface area contributed by atoms with E-state index in [9.17, 15) is 4.39 Å². The van der Waals surface area contributed by atoms with Crippen molar-refractivity contribution in [1.29, 1.82) is 0 Å². The predicted molar refractivity (Wildman–Crippen MR) is 78.5 cm³/mol. The summed E-state index contributed by atoms with van der Waals surface area (Å²) in [5.74, 6) is 0.653. The van der Waals surface area contributed by atoms with E-state index in [-0.39, 0.29) is 11.9 Å². The maximum atomic E-state index is 13.3. The maximum absolute atomic E-state index is 13.3. The van der Waals surface area contributed by atoms with E-state index in [1.165, 1.54) is 38.2 Å². The summed E-state index contributed by atoms with van der Waals surface area (Å²) in [4.78, 5) is 0. The smallest absolute Gasteiger partial charge is 0.126 e. The Kier molecular flexibility index (Phi) is 3.72. The van der Waals surface area contributed by atoms with Crippen LogP contribution >= 0.6 is 0 Å². The van der Waals surface area contributed by atoms with Crippen LogP contribution in [0.4, 0.5) is 4.39 Å². The standard InChI is InChI=1S/C17H24FNO/c1-12-10-13(6-7-14(12)18)20-16-11-15(19-2)17(16)8-4-3-5-9-17/h6-7,10,15-16,19H,3-5,8-9,11H2,1-2H3. The van der Waals surface area contributed by atoms with Crippen molar-refractivity contribution in [2.24, 2.45) is 5.41 Å². The summed E-state index contributed by atoms with van der Waals surface area (Å²) >= 11 is 0. The van der Waals surface area contributed by atoms with Gasteiger partial charge in [-0.3, -0.25) is 0 Å². The molecule has 0 amide bonds. The van der Waals surface area contributed by atoms with Gasteiger partial charge in [-0.15, -0.1) is 0 Å². The molecule has 0 radical (unpaired) electrons. The second-order valence-corrected chi connectivity index (χ2v) is 6.39. The molecule has 2 aliphatic carbocycles. The molecule has 2 unspecified atom stereocenters. The zero-order valence-corrected chi connectivity index (χ0v) is 12.4. The molecule has 0 aliphatic heterocycles. The Balaban J connectivity index is 1.75. The minimum atomic E-state index is -0.161. The number of hydrogen-bond acceptors (Lipinski definition) is 2. The molecule has 20 heavy (non-hydrogen) atoms. The van der Waals surface area contributed by atoms with Crippen LogP contribution in [0.25, 0.3) is 0 Å². The van der Waals surface area contributed by atoms with Crippen molar-refractivity contribution < 1.29 is 9.13 Å². The first-order valence-electron chi connectivity index (χ1n) is 7.76. The van der Waals surface area contributed by atoms with Gasteiger partial charge in [0.05, 0.1) is 0 Å².